The molecule has 4 heterocycles. The Morgan fingerprint density at radius 1 is 1.34 bits per heavy atom. The molecule has 1 atom stereocenters. The van der Waals surface area contributed by atoms with Crippen molar-refractivity contribution in [2.45, 2.75) is 26.4 Å². The largest absolute Gasteiger partial charge is 0.368 e. The van der Waals surface area contributed by atoms with Crippen LogP contribution >= 0.6 is 11.3 Å². The zero-order valence-electron chi connectivity index (χ0n) is 16.3. The van der Waals surface area contributed by atoms with Gasteiger partial charge in [0.25, 0.3) is 5.91 Å². The predicted octanol–water partition coefficient (Wildman–Crippen LogP) is 3.16. The quantitative estimate of drug-likeness (QED) is 0.690. The van der Waals surface area contributed by atoms with E-state index in [1.54, 1.807) is 23.2 Å². The summed E-state index contributed by atoms with van der Waals surface area (Å²) in [7, 11) is 0. The Labute approximate surface area is 173 Å². The molecule has 1 saturated heterocycles. The van der Waals surface area contributed by atoms with Gasteiger partial charge in [-0.05, 0) is 37.6 Å². The third-order valence-corrected chi connectivity index (χ3v) is 5.54. The maximum atomic E-state index is 12.7. The van der Waals surface area contributed by atoms with Crippen molar-refractivity contribution >= 4 is 28.1 Å². The normalized spacial score (nSPS) is 16.6. The van der Waals surface area contributed by atoms with E-state index in [2.05, 4.69) is 32.4 Å². The topological polar surface area (TPSA) is 93.1 Å². The number of rotatable bonds is 5. The van der Waals surface area contributed by atoms with Crippen molar-refractivity contribution in [2.24, 2.45) is 0 Å². The standard InChI is InChI=1S/C20H22N6O2S/c1-3-18-24-25-20(29-18)23-14-10-13(2)22-16(11-14)17-12-26(8-9-28-17)19(27)15-6-4-5-7-21-15/h4-7,10-11,17H,3,8-9,12H2,1-2H3,(H,22,23,25). The van der Waals surface area contributed by atoms with Crippen molar-refractivity contribution in [1.82, 2.24) is 25.1 Å². The van der Waals surface area contributed by atoms with Crippen LogP contribution in [0, 0.1) is 6.92 Å². The summed E-state index contributed by atoms with van der Waals surface area (Å²) >= 11 is 1.53. The lowest BCUT2D eigenvalue weighted by Crippen LogP contribution is -2.42. The predicted molar refractivity (Wildman–Crippen MR) is 110 cm³/mol. The van der Waals surface area contributed by atoms with Crippen LogP contribution in [0.4, 0.5) is 10.8 Å². The lowest BCUT2D eigenvalue weighted by Gasteiger charge is -2.32. The Bertz CT molecular complexity index is 994. The summed E-state index contributed by atoms with van der Waals surface area (Å²) in [6.07, 6.45) is 2.19. The average molecular weight is 411 g/mol. The number of pyridine rings is 2. The zero-order valence-corrected chi connectivity index (χ0v) is 17.1. The van der Waals surface area contributed by atoms with Gasteiger partial charge in [-0.3, -0.25) is 14.8 Å². The van der Waals surface area contributed by atoms with Crippen molar-refractivity contribution in [3.63, 3.8) is 0 Å². The Balaban J connectivity index is 1.51. The van der Waals surface area contributed by atoms with Crippen molar-refractivity contribution < 1.29 is 9.53 Å². The van der Waals surface area contributed by atoms with Gasteiger partial charge in [-0.15, -0.1) is 10.2 Å². The van der Waals surface area contributed by atoms with Gasteiger partial charge in [0.15, 0.2) is 0 Å². The Hall–Kier alpha value is -2.91. The molecule has 0 radical (unpaired) electrons. The molecule has 1 amide bonds. The number of hydrogen-bond acceptors (Lipinski definition) is 8. The molecule has 9 heteroatoms. The molecule has 1 aliphatic heterocycles. The van der Waals surface area contributed by atoms with Crippen LogP contribution in [0.25, 0.3) is 0 Å². The van der Waals surface area contributed by atoms with Crippen molar-refractivity contribution in [3.05, 3.63) is 58.6 Å². The molecule has 0 aliphatic carbocycles. The minimum atomic E-state index is -0.294. The Morgan fingerprint density at radius 3 is 3.00 bits per heavy atom. The van der Waals surface area contributed by atoms with E-state index in [1.807, 2.05) is 25.1 Å². The van der Waals surface area contributed by atoms with E-state index in [0.717, 1.165) is 33.6 Å². The van der Waals surface area contributed by atoms with Crippen LogP contribution in [-0.4, -0.2) is 50.7 Å². The van der Waals surface area contributed by atoms with Crippen LogP contribution in [0.1, 0.15) is 39.9 Å². The van der Waals surface area contributed by atoms with Crippen LogP contribution in [0.3, 0.4) is 0 Å². The first-order chi connectivity index (χ1) is 14.1. The number of nitrogens with one attached hydrogen (secondary N) is 1. The highest BCUT2D eigenvalue weighted by Crippen LogP contribution is 2.27. The summed E-state index contributed by atoms with van der Waals surface area (Å²) in [4.78, 5) is 23.3. The number of hydrogen-bond donors (Lipinski definition) is 1. The van der Waals surface area contributed by atoms with Crippen LogP contribution in [0.2, 0.25) is 0 Å². The molecule has 29 heavy (non-hydrogen) atoms. The van der Waals surface area contributed by atoms with E-state index in [4.69, 9.17) is 4.74 Å². The maximum absolute atomic E-state index is 12.7. The second-order valence-electron chi connectivity index (χ2n) is 6.73. The number of amides is 1. The van der Waals surface area contributed by atoms with Crippen LogP contribution in [0.15, 0.2) is 36.5 Å². The van der Waals surface area contributed by atoms with E-state index in [9.17, 15) is 4.79 Å². The molecule has 8 nitrogen and oxygen atoms in total. The van der Waals surface area contributed by atoms with Gasteiger partial charge in [0.1, 0.15) is 16.8 Å². The van der Waals surface area contributed by atoms with Crippen molar-refractivity contribution in [3.8, 4) is 0 Å². The average Bonchev–Trinajstić information content (AvgIpc) is 3.21. The molecule has 1 N–H and O–H groups in total. The van der Waals surface area contributed by atoms with Crippen LogP contribution in [-0.2, 0) is 11.2 Å². The number of anilines is 2. The summed E-state index contributed by atoms with van der Waals surface area (Å²) < 4.78 is 5.93. The minimum absolute atomic E-state index is 0.0918. The lowest BCUT2D eigenvalue weighted by molar-refractivity contribution is -0.0249. The number of morpholine rings is 1. The lowest BCUT2D eigenvalue weighted by atomic mass is 10.1. The molecule has 1 aliphatic rings. The third kappa shape index (κ3) is 4.57. The number of carbonyl (C=O) groups is 1. The summed E-state index contributed by atoms with van der Waals surface area (Å²) in [5.41, 5.74) is 2.96. The SMILES string of the molecule is CCc1nnc(Nc2cc(C)nc(C3CN(C(=O)c4ccccn4)CCO3)c2)s1. The first kappa shape index (κ1) is 19.4. The second kappa shape index (κ2) is 8.62. The fraction of sp³-hybridized carbons (Fsp3) is 0.350. The maximum Gasteiger partial charge on any atom is 0.272 e. The van der Waals surface area contributed by atoms with E-state index < -0.39 is 0 Å². The molecule has 0 spiro atoms. The van der Waals surface area contributed by atoms with Gasteiger partial charge in [-0.1, -0.05) is 24.3 Å². The molecule has 3 aromatic heterocycles. The highest BCUT2D eigenvalue weighted by atomic mass is 32.1. The van der Waals surface area contributed by atoms with E-state index in [-0.39, 0.29) is 12.0 Å². The fourth-order valence-corrected chi connectivity index (χ4v) is 3.87. The van der Waals surface area contributed by atoms with Gasteiger partial charge >= 0.3 is 0 Å². The molecule has 0 bridgehead atoms. The Kier molecular flexibility index (Phi) is 5.77. The van der Waals surface area contributed by atoms with Gasteiger partial charge in [0, 0.05) is 24.1 Å². The second-order valence-corrected chi connectivity index (χ2v) is 7.79. The molecule has 1 unspecified atom stereocenters. The smallest absolute Gasteiger partial charge is 0.272 e. The zero-order chi connectivity index (χ0) is 20.2. The minimum Gasteiger partial charge on any atom is -0.368 e. The van der Waals surface area contributed by atoms with Gasteiger partial charge in [-0.2, -0.15) is 0 Å². The van der Waals surface area contributed by atoms with Crippen molar-refractivity contribution in [2.75, 3.05) is 25.0 Å². The van der Waals surface area contributed by atoms with E-state index in [0.29, 0.717) is 25.4 Å². The monoisotopic (exact) mass is 410 g/mol. The molecular weight excluding hydrogens is 388 g/mol. The summed E-state index contributed by atoms with van der Waals surface area (Å²) in [6, 6.07) is 9.24. The molecule has 0 saturated carbocycles. The number of nitrogens with zero attached hydrogens (tertiary/aromatic N) is 5. The summed E-state index contributed by atoms with van der Waals surface area (Å²) in [6.45, 7) is 5.42. The molecular formula is C20H22N6O2S. The van der Waals surface area contributed by atoms with Crippen molar-refractivity contribution in [1.29, 1.82) is 0 Å². The summed E-state index contributed by atoms with van der Waals surface area (Å²) in [5.74, 6) is -0.0918. The van der Waals surface area contributed by atoms with Gasteiger partial charge in [0.2, 0.25) is 5.13 Å². The number of carbonyl (C=O) groups excluding carboxylic acids is 1. The molecule has 1 fully saturated rings. The van der Waals surface area contributed by atoms with Gasteiger partial charge in [-0.25, -0.2) is 0 Å². The number of aromatic nitrogens is 4. The molecule has 4 rings (SSSR count). The first-order valence-corrected chi connectivity index (χ1v) is 10.3. The molecule has 0 aromatic carbocycles. The first-order valence-electron chi connectivity index (χ1n) is 9.52. The molecule has 3 aromatic rings. The number of aryl methyl sites for hydroxylation is 2. The summed E-state index contributed by atoms with van der Waals surface area (Å²) in [5, 5.41) is 13.3. The third-order valence-electron chi connectivity index (χ3n) is 4.56. The highest BCUT2D eigenvalue weighted by molar-refractivity contribution is 7.15. The van der Waals surface area contributed by atoms with Gasteiger partial charge in [0.05, 0.1) is 18.8 Å². The fourth-order valence-electron chi connectivity index (χ4n) is 3.17. The highest BCUT2D eigenvalue weighted by Gasteiger charge is 2.28. The van der Waals surface area contributed by atoms with Crippen LogP contribution in [0.5, 0.6) is 0 Å². The van der Waals surface area contributed by atoms with Crippen LogP contribution < -0.4 is 5.32 Å². The number of ether oxygens (including phenoxy) is 1. The molecule has 150 valence electrons. The van der Waals surface area contributed by atoms with E-state index >= 15 is 0 Å². The Morgan fingerprint density at radius 2 is 2.24 bits per heavy atom. The van der Waals surface area contributed by atoms with E-state index in [1.165, 1.54) is 11.3 Å². The van der Waals surface area contributed by atoms with Gasteiger partial charge < -0.3 is 15.0 Å².